The summed E-state index contributed by atoms with van der Waals surface area (Å²) in [6, 6.07) is 7.95. The molecule has 2 amide bonds. The van der Waals surface area contributed by atoms with E-state index in [4.69, 9.17) is 14.7 Å². The molecule has 1 aromatic carbocycles. The molecule has 5 rings (SSSR count). The maximum Gasteiger partial charge on any atom is 0.257 e. The van der Waals surface area contributed by atoms with E-state index in [2.05, 4.69) is 34.9 Å². The lowest BCUT2D eigenvalue weighted by Gasteiger charge is -2.28. The van der Waals surface area contributed by atoms with Gasteiger partial charge in [0, 0.05) is 50.5 Å². The summed E-state index contributed by atoms with van der Waals surface area (Å²) in [5.74, 6) is 0.734. The van der Waals surface area contributed by atoms with E-state index in [-0.39, 0.29) is 29.7 Å². The molecule has 12 heteroatoms. The molecule has 2 fully saturated rings. The van der Waals surface area contributed by atoms with Crippen LogP contribution in [0.1, 0.15) is 56.6 Å². The average molecular weight is 618 g/mol. The zero-order valence-electron chi connectivity index (χ0n) is 27.0. The molecule has 3 aromatic rings. The Labute approximate surface area is 265 Å². The van der Waals surface area contributed by atoms with Gasteiger partial charge in [0.25, 0.3) is 5.91 Å². The molecule has 2 aromatic heterocycles. The van der Waals surface area contributed by atoms with E-state index < -0.39 is 0 Å². The molecule has 3 N–H and O–H groups in total. The Morgan fingerprint density at radius 1 is 1.18 bits per heavy atom. The number of benzene rings is 1. The molecule has 1 atom stereocenters. The van der Waals surface area contributed by atoms with Crippen LogP contribution in [0.5, 0.6) is 0 Å². The van der Waals surface area contributed by atoms with Crippen molar-refractivity contribution in [2.45, 2.75) is 57.9 Å². The number of piperidine rings is 1. The first-order valence-corrected chi connectivity index (χ1v) is 16.1. The van der Waals surface area contributed by atoms with Gasteiger partial charge in [-0.05, 0) is 76.4 Å². The fourth-order valence-corrected chi connectivity index (χ4v) is 5.72. The minimum absolute atomic E-state index is 0.162. The van der Waals surface area contributed by atoms with Gasteiger partial charge in [0.1, 0.15) is 0 Å². The van der Waals surface area contributed by atoms with Crippen LogP contribution in [0.4, 0.5) is 17.6 Å². The third-order valence-corrected chi connectivity index (χ3v) is 8.26. The number of fused-ring (bicyclic) bond motifs is 1. The SMILES string of the molecule is CC(C)c1cnn2c(NCCc3cccc(N(C(=O)C=CCN(C)C)C(=O)C4CCCNC4)c3)nc(NC3CCOCC3)nc12. The Bertz CT molecular complexity index is 1470. The number of carbonyl (C=O) groups excluding carboxylic acids is 2. The molecule has 242 valence electrons. The van der Waals surface area contributed by atoms with Gasteiger partial charge in [-0.3, -0.25) is 9.59 Å². The van der Waals surface area contributed by atoms with Crippen LogP contribution in [0, 0.1) is 5.92 Å². The second kappa shape index (κ2) is 15.4. The van der Waals surface area contributed by atoms with Gasteiger partial charge >= 0.3 is 0 Å². The quantitative estimate of drug-likeness (QED) is 0.260. The van der Waals surface area contributed by atoms with Crippen molar-refractivity contribution in [1.29, 1.82) is 0 Å². The van der Waals surface area contributed by atoms with Gasteiger partial charge < -0.3 is 25.6 Å². The standard InChI is InChI=1S/C33H47N9O3/c1-23(2)28-22-36-42-30(28)38-32(37-26-13-18-45-19-14-26)39-33(42)35-16-12-24-8-5-10-27(20-24)41(29(43)11-7-17-40(3)4)31(44)25-9-6-15-34-21-25/h5,7-8,10-11,20,22-23,25-26,34H,6,9,12-19,21H2,1-4H3,(H2,35,37,38,39). The summed E-state index contributed by atoms with van der Waals surface area (Å²) < 4.78 is 7.28. The lowest BCUT2D eigenvalue weighted by molar-refractivity contribution is -0.127. The maximum atomic E-state index is 13.7. The molecule has 2 saturated heterocycles. The van der Waals surface area contributed by atoms with E-state index in [0.717, 1.165) is 62.2 Å². The summed E-state index contributed by atoms with van der Waals surface area (Å²) in [7, 11) is 3.88. The molecule has 1 unspecified atom stereocenters. The van der Waals surface area contributed by atoms with Crippen LogP contribution in [-0.2, 0) is 20.7 Å². The summed E-state index contributed by atoms with van der Waals surface area (Å²) in [6.45, 7) is 8.38. The molecular formula is C33H47N9O3. The number of anilines is 3. The number of aromatic nitrogens is 4. The Morgan fingerprint density at radius 3 is 2.73 bits per heavy atom. The van der Waals surface area contributed by atoms with Gasteiger partial charge in [0.05, 0.1) is 17.8 Å². The van der Waals surface area contributed by atoms with Crippen molar-refractivity contribution in [2.24, 2.45) is 5.92 Å². The second-order valence-corrected chi connectivity index (χ2v) is 12.5. The number of rotatable bonds is 12. The number of carbonyl (C=O) groups is 2. The summed E-state index contributed by atoms with van der Waals surface area (Å²) in [4.78, 5) is 40.0. The fraction of sp³-hybridized carbons (Fsp3) is 0.545. The Morgan fingerprint density at radius 2 is 2.00 bits per heavy atom. The van der Waals surface area contributed by atoms with E-state index >= 15 is 0 Å². The normalized spacial score (nSPS) is 17.8. The zero-order chi connectivity index (χ0) is 31.8. The van der Waals surface area contributed by atoms with Gasteiger partial charge in [-0.25, -0.2) is 4.90 Å². The Kier molecular flexibility index (Phi) is 11.1. The van der Waals surface area contributed by atoms with Gasteiger partial charge in [-0.1, -0.05) is 32.1 Å². The van der Waals surface area contributed by atoms with Gasteiger partial charge in [-0.15, -0.1) is 0 Å². The molecule has 2 aliphatic heterocycles. The summed E-state index contributed by atoms with van der Waals surface area (Å²) >= 11 is 0. The van der Waals surface area contributed by atoms with Crippen molar-refractivity contribution in [2.75, 3.05) is 69.0 Å². The highest BCUT2D eigenvalue weighted by Crippen LogP contribution is 2.25. The molecule has 2 aliphatic rings. The Hall–Kier alpha value is -3.87. The molecule has 0 bridgehead atoms. The predicted octanol–water partition coefficient (Wildman–Crippen LogP) is 3.47. The van der Waals surface area contributed by atoms with Crippen molar-refractivity contribution in [3.8, 4) is 0 Å². The van der Waals surface area contributed by atoms with Crippen LogP contribution in [0.3, 0.4) is 0 Å². The first kappa shape index (κ1) is 32.5. The molecule has 0 spiro atoms. The van der Waals surface area contributed by atoms with Crippen LogP contribution in [-0.4, -0.2) is 95.8 Å². The second-order valence-electron chi connectivity index (χ2n) is 12.5. The number of hydrogen-bond acceptors (Lipinski definition) is 10. The number of hydrogen-bond donors (Lipinski definition) is 3. The molecular weight excluding hydrogens is 570 g/mol. The number of nitrogens with zero attached hydrogens (tertiary/aromatic N) is 6. The minimum atomic E-state index is -0.324. The predicted molar refractivity (Wildman–Crippen MR) is 177 cm³/mol. The lowest BCUT2D eigenvalue weighted by atomic mass is 9.97. The lowest BCUT2D eigenvalue weighted by Crippen LogP contribution is -2.45. The molecule has 12 nitrogen and oxygen atoms in total. The highest BCUT2D eigenvalue weighted by molar-refractivity contribution is 6.19. The topological polar surface area (TPSA) is 129 Å². The van der Waals surface area contributed by atoms with Crippen molar-refractivity contribution in [1.82, 2.24) is 29.8 Å². The van der Waals surface area contributed by atoms with E-state index in [1.807, 2.05) is 49.5 Å². The van der Waals surface area contributed by atoms with E-state index in [1.54, 1.807) is 10.6 Å². The maximum absolute atomic E-state index is 13.7. The molecule has 0 radical (unpaired) electrons. The summed E-state index contributed by atoms with van der Waals surface area (Å²) in [5.41, 5.74) is 3.43. The number of nitrogens with one attached hydrogen (secondary N) is 3. The van der Waals surface area contributed by atoms with Crippen LogP contribution in [0.2, 0.25) is 0 Å². The van der Waals surface area contributed by atoms with Crippen LogP contribution in [0.15, 0.2) is 42.6 Å². The first-order valence-electron chi connectivity index (χ1n) is 16.1. The summed E-state index contributed by atoms with van der Waals surface area (Å²) in [5, 5.41) is 14.9. The number of ether oxygens (including phenoxy) is 1. The Balaban J connectivity index is 1.33. The average Bonchev–Trinajstić information content (AvgIpc) is 3.47. The van der Waals surface area contributed by atoms with Crippen molar-refractivity contribution in [3.63, 3.8) is 0 Å². The number of likely N-dealkylation sites (N-methyl/N-ethyl adjacent to an activating group) is 1. The number of amides is 2. The third-order valence-electron chi connectivity index (χ3n) is 8.26. The van der Waals surface area contributed by atoms with E-state index in [0.29, 0.717) is 43.6 Å². The van der Waals surface area contributed by atoms with Crippen LogP contribution in [0.25, 0.3) is 5.65 Å². The van der Waals surface area contributed by atoms with Crippen molar-refractivity contribution in [3.05, 3.63) is 53.7 Å². The first-order chi connectivity index (χ1) is 21.8. The highest BCUT2D eigenvalue weighted by atomic mass is 16.5. The minimum Gasteiger partial charge on any atom is -0.381 e. The smallest absolute Gasteiger partial charge is 0.257 e. The largest absolute Gasteiger partial charge is 0.381 e. The zero-order valence-corrected chi connectivity index (χ0v) is 27.0. The molecule has 45 heavy (non-hydrogen) atoms. The van der Waals surface area contributed by atoms with E-state index in [9.17, 15) is 9.59 Å². The van der Waals surface area contributed by atoms with Gasteiger partial charge in [0.15, 0.2) is 5.65 Å². The number of imide groups is 1. The molecule has 0 aliphatic carbocycles. The monoisotopic (exact) mass is 617 g/mol. The van der Waals surface area contributed by atoms with Gasteiger partial charge in [0.2, 0.25) is 17.8 Å². The third kappa shape index (κ3) is 8.44. The fourth-order valence-electron chi connectivity index (χ4n) is 5.72. The summed E-state index contributed by atoms with van der Waals surface area (Å²) in [6.07, 6.45) is 9.32. The van der Waals surface area contributed by atoms with Crippen molar-refractivity contribution < 1.29 is 14.3 Å². The van der Waals surface area contributed by atoms with Crippen molar-refractivity contribution >= 4 is 35.0 Å². The van der Waals surface area contributed by atoms with E-state index in [1.165, 1.54) is 11.0 Å². The van der Waals surface area contributed by atoms with Crippen LogP contribution < -0.4 is 20.9 Å². The van der Waals surface area contributed by atoms with Gasteiger partial charge in [-0.2, -0.15) is 19.6 Å². The molecule has 4 heterocycles. The van der Waals surface area contributed by atoms with Crippen LogP contribution >= 0.6 is 0 Å². The molecule has 0 saturated carbocycles. The highest BCUT2D eigenvalue weighted by Gasteiger charge is 2.30.